The van der Waals surface area contributed by atoms with Gasteiger partial charge in [-0.2, -0.15) is 0 Å². The van der Waals surface area contributed by atoms with Gasteiger partial charge in [0.25, 0.3) is 11.8 Å². The van der Waals surface area contributed by atoms with Crippen LogP contribution in [0.2, 0.25) is 0 Å². The van der Waals surface area contributed by atoms with Gasteiger partial charge in [0.1, 0.15) is 0 Å². The van der Waals surface area contributed by atoms with Gasteiger partial charge in [0.05, 0.1) is 0 Å². The lowest BCUT2D eigenvalue weighted by Crippen LogP contribution is -2.41. The second-order valence-corrected chi connectivity index (χ2v) is 8.34. The Bertz CT molecular complexity index is 1200. The van der Waals surface area contributed by atoms with Crippen LogP contribution in [0.3, 0.4) is 0 Å². The zero-order valence-corrected chi connectivity index (χ0v) is 18.2. The Kier molecular flexibility index (Phi) is 6.19. The van der Waals surface area contributed by atoms with E-state index in [0.29, 0.717) is 24.1 Å². The molecule has 3 nitrogen and oxygen atoms in total. The maximum Gasteiger partial charge on any atom is 0.261 e. The highest BCUT2D eigenvalue weighted by molar-refractivity contribution is 7.99. The van der Waals surface area contributed by atoms with Crippen molar-refractivity contribution in [3.05, 3.63) is 108 Å². The van der Waals surface area contributed by atoms with E-state index in [1.165, 1.54) is 4.90 Å². The maximum absolute atomic E-state index is 13.2. The minimum absolute atomic E-state index is 0.229. The fourth-order valence-electron chi connectivity index (χ4n) is 3.78. The smallest absolute Gasteiger partial charge is 0.261 e. The Balaban J connectivity index is 1.69. The Labute approximate surface area is 186 Å². The number of nitrogens with zero attached hydrogens (tertiary/aromatic N) is 1. The average molecular weight is 426 g/mol. The molecule has 0 unspecified atom stereocenters. The largest absolute Gasteiger partial charge is 0.274 e. The number of rotatable bonds is 7. The molecule has 31 heavy (non-hydrogen) atoms. The molecule has 0 radical (unpaired) electrons. The first kappa shape index (κ1) is 20.9. The molecule has 4 heteroatoms. The van der Waals surface area contributed by atoms with E-state index < -0.39 is 0 Å². The molecule has 3 aromatic carbocycles. The Hall–Kier alpha value is -3.37. The average Bonchev–Trinajstić information content (AvgIpc) is 2.80. The minimum Gasteiger partial charge on any atom is -0.274 e. The summed E-state index contributed by atoms with van der Waals surface area (Å²) in [6.45, 7) is 5.98. The molecule has 0 aliphatic carbocycles. The summed E-state index contributed by atoms with van der Waals surface area (Å²) in [5, 5.41) is 1.70. The second-order valence-electron chi connectivity index (χ2n) is 7.22. The van der Waals surface area contributed by atoms with Crippen LogP contribution in [-0.2, 0) is 0 Å². The number of carbonyl (C=O) groups excluding carboxylic acids is 2. The lowest BCUT2D eigenvalue weighted by atomic mass is 9.93. The number of carbonyl (C=O) groups is 2. The van der Waals surface area contributed by atoms with Crippen LogP contribution in [0.1, 0.15) is 34.1 Å². The first-order valence-electron chi connectivity index (χ1n) is 10.2. The number of allylic oxidation sites excluding steroid dienone is 4. The molecule has 154 valence electrons. The fraction of sp³-hybridized carbons (Fsp3) is 0.111. The highest BCUT2D eigenvalue weighted by Crippen LogP contribution is 2.38. The summed E-state index contributed by atoms with van der Waals surface area (Å²) in [6, 6.07) is 19.6. The molecule has 0 atom stereocenters. The molecular weight excluding hydrogens is 402 g/mol. The van der Waals surface area contributed by atoms with Crippen molar-refractivity contribution in [3.8, 4) is 0 Å². The van der Waals surface area contributed by atoms with Gasteiger partial charge in [0, 0.05) is 32.8 Å². The maximum atomic E-state index is 13.2. The summed E-state index contributed by atoms with van der Waals surface area (Å²) < 4.78 is 0. The van der Waals surface area contributed by atoms with E-state index in [9.17, 15) is 9.59 Å². The summed E-state index contributed by atoms with van der Waals surface area (Å²) in [5.41, 5.74) is 2.23. The highest BCUT2D eigenvalue weighted by Gasteiger charge is 2.33. The van der Waals surface area contributed by atoms with Gasteiger partial charge in [-0.15, -0.1) is 0 Å². The molecule has 0 N–H and O–H groups in total. The normalized spacial score (nSPS) is 14.0. The van der Waals surface area contributed by atoms with Gasteiger partial charge in [-0.1, -0.05) is 78.5 Å². The predicted molar refractivity (Wildman–Crippen MR) is 128 cm³/mol. The number of benzene rings is 3. The molecule has 3 aromatic rings. The first-order valence-corrected chi connectivity index (χ1v) is 11.0. The molecule has 0 fully saturated rings. The third-order valence-electron chi connectivity index (χ3n) is 5.36. The van der Waals surface area contributed by atoms with Crippen LogP contribution in [0.5, 0.6) is 0 Å². The summed E-state index contributed by atoms with van der Waals surface area (Å²) in [7, 11) is 0. The number of hydrogen-bond acceptors (Lipinski definition) is 3. The molecule has 1 aliphatic heterocycles. The van der Waals surface area contributed by atoms with E-state index in [1.54, 1.807) is 17.8 Å². The molecule has 1 aliphatic rings. The SMILES string of the molecule is C=C/C=C\C(=C/C)CCN1C(=O)c2cccc3c(Sc4ccccc4)ccc(c23)C1=O. The summed E-state index contributed by atoms with van der Waals surface area (Å²) in [4.78, 5) is 30.0. The van der Waals surface area contributed by atoms with Gasteiger partial charge in [-0.05, 0) is 49.1 Å². The van der Waals surface area contributed by atoms with E-state index in [1.807, 2.05) is 73.7 Å². The Morgan fingerprint density at radius 1 is 0.968 bits per heavy atom. The van der Waals surface area contributed by atoms with Gasteiger partial charge in [-0.25, -0.2) is 0 Å². The lowest BCUT2D eigenvalue weighted by Gasteiger charge is -2.28. The molecule has 0 saturated heterocycles. The van der Waals surface area contributed by atoms with Crippen molar-refractivity contribution in [3.63, 3.8) is 0 Å². The van der Waals surface area contributed by atoms with E-state index in [-0.39, 0.29) is 11.8 Å². The zero-order chi connectivity index (χ0) is 21.8. The summed E-state index contributed by atoms with van der Waals surface area (Å²) in [5.74, 6) is -0.457. The predicted octanol–water partition coefficient (Wildman–Crippen LogP) is 6.67. The van der Waals surface area contributed by atoms with Crippen molar-refractivity contribution >= 4 is 34.3 Å². The van der Waals surface area contributed by atoms with Crippen LogP contribution < -0.4 is 0 Å². The standard InChI is InChI=1S/C27H23NO2S/c1-3-5-10-19(4-2)17-18-28-26(29)22-14-9-13-21-24(31-20-11-7-6-8-12-20)16-15-23(25(21)22)27(28)30/h3-16H,1,17-18H2,2H3/b10-5-,19-4+. The second kappa shape index (κ2) is 9.19. The first-order chi connectivity index (χ1) is 15.1. The van der Waals surface area contributed by atoms with Crippen LogP contribution in [0.4, 0.5) is 0 Å². The van der Waals surface area contributed by atoms with Gasteiger partial charge in [0.2, 0.25) is 0 Å². The van der Waals surface area contributed by atoms with Crippen molar-refractivity contribution in [1.29, 1.82) is 0 Å². The topological polar surface area (TPSA) is 37.4 Å². The molecule has 4 rings (SSSR count). The summed E-state index contributed by atoms with van der Waals surface area (Å²) in [6.07, 6.45) is 8.11. The molecular formula is C27H23NO2S. The molecule has 0 bridgehead atoms. The minimum atomic E-state index is -0.229. The number of imide groups is 1. The van der Waals surface area contributed by atoms with Crippen molar-refractivity contribution in [2.45, 2.75) is 23.1 Å². The van der Waals surface area contributed by atoms with Gasteiger partial charge >= 0.3 is 0 Å². The molecule has 1 heterocycles. The van der Waals surface area contributed by atoms with E-state index in [2.05, 4.69) is 18.7 Å². The molecule has 0 saturated carbocycles. The Morgan fingerprint density at radius 2 is 1.71 bits per heavy atom. The fourth-order valence-corrected chi connectivity index (χ4v) is 4.75. The van der Waals surface area contributed by atoms with Crippen LogP contribution in [0, 0.1) is 0 Å². The van der Waals surface area contributed by atoms with Crippen molar-refractivity contribution in [1.82, 2.24) is 4.90 Å². The van der Waals surface area contributed by atoms with Crippen LogP contribution in [-0.4, -0.2) is 23.3 Å². The quantitative estimate of drug-likeness (QED) is 0.313. The third-order valence-corrected chi connectivity index (χ3v) is 6.45. The van der Waals surface area contributed by atoms with Crippen molar-refractivity contribution in [2.24, 2.45) is 0 Å². The zero-order valence-electron chi connectivity index (χ0n) is 17.4. The summed E-state index contributed by atoms with van der Waals surface area (Å²) >= 11 is 1.64. The van der Waals surface area contributed by atoms with Crippen LogP contribution >= 0.6 is 11.8 Å². The van der Waals surface area contributed by atoms with E-state index in [4.69, 9.17) is 0 Å². The molecule has 2 amide bonds. The van der Waals surface area contributed by atoms with Gasteiger partial charge < -0.3 is 0 Å². The molecule has 0 spiro atoms. The highest BCUT2D eigenvalue weighted by atomic mass is 32.2. The van der Waals surface area contributed by atoms with Gasteiger partial charge in [0.15, 0.2) is 0 Å². The van der Waals surface area contributed by atoms with Crippen LogP contribution in [0.15, 0.2) is 107 Å². The number of amides is 2. The van der Waals surface area contributed by atoms with Gasteiger partial charge in [-0.3, -0.25) is 14.5 Å². The van der Waals surface area contributed by atoms with E-state index >= 15 is 0 Å². The van der Waals surface area contributed by atoms with E-state index in [0.717, 1.165) is 26.1 Å². The lowest BCUT2D eigenvalue weighted by molar-refractivity contribution is 0.0612. The van der Waals surface area contributed by atoms with Crippen molar-refractivity contribution < 1.29 is 9.59 Å². The van der Waals surface area contributed by atoms with Crippen LogP contribution in [0.25, 0.3) is 10.8 Å². The third kappa shape index (κ3) is 4.12. The Morgan fingerprint density at radius 3 is 2.42 bits per heavy atom. The van der Waals surface area contributed by atoms with Crippen molar-refractivity contribution in [2.75, 3.05) is 6.54 Å². The molecule has 0 aromatic heterocycles. The number of hydrogen-bond donors (Lipinski definition) is 0. The monoisotopic (exact) mass is 425 g/mol.